The Balaban J connectivity index is 2.44. The summed E-state index contributed by atoms with van der Waals surface area (Å²) >= 11 is 5.90. The van der Waals surface area contributed by atoms with Crippen LogP contribution in [0.1, 0.15) is 25.7 Å². The van der Waals surface area contributed by atoms with Gasteiger partial charge in [0.15, 0.2) is 0 Å². The molecule has 1 aromatic rings. The molecule has 5 heteroatoms. The average molecular weight is 271 g/mol. The second-order valence-electron chi connectivity index (χ2n) is 4.00. The van der Waals surface area contributed by atoms with Crippen molar-refractivity contribution in [2.24, 2.45) is 5.73 Å². The summed E-state index contributed by atoms with van der Waals surface area (Å²) in [7, 11) is 1.54. The van der Waals surface area contributed by atoms with Crippen molar-refractivity contribution in [3.63, 3.8) is 0 Å². The number of nitrogens with two attached hydrogens (primary N) is 1. The first kappa shape index (κ1) is 14.8. The lowest BCUT2D eigenvalue weighted by Crippen LogP contribution is -2.11. The minimum Gasteiger partial charge on any atom is -0.495 e. The van der Waals surface area contributed by atoms with Gasteiger partial charge in [0.2, 0.25) is 5.91 Å². The van der Waals surface area contributed by atoms with Crippen LogP contribution in [-0.2, 0) is 4.79 Å². The number of unbranched alkanes of at least 4 members (excludes halogenated alkanes) is 2. The van der Waals surface area contributed by atoms with E-state index in [1.807, 2.05) is 0 Å². The van der Waals surface area contributed by atoms with Crippen LogP contribution in [0, 0.1) is 0 Å². The predicted octanol–water partition coefficient (Wildman–Crippen LogP) is 2.81. The molecule has 0 saturated carbocycles. The maximum Gasteiger partial charge on any atom is 0.224 e. The van der Waals surface area contributed by atoms with Gasteiger partial charge in [-0.1, -0.05) is 18.0 Å². The number of rotatable bonds is 7. The van der Waals surface area contributed by atoms with Crippen LogP contribution in [0.4, 0.5) is 5.69 Å². The summed E-state index contributed by atoms with van der Waals surface area (Å²) in [6.07, 6.45) is 3.30. The molecule has 0 heterocycles. The van der Waals surface area contributed by atoms with Gasteiger partial charge in [0.25, 0.3) is 0 Å². The standard InChI is InChI=1S/C13H19ClN2O2/c1-18-12-9-10(6-7-11(12)14)16-13(17)5-3-2-4-8-15/h6-7,9H,2-5,8,15H2,1H3,(H,16,17). The molecule has 3 N–H and O–H groups in total. The van der Waals surface area contributed by atoms with Crippen molar-refractivity contribution in [3.05, 3.63) is 23.2 Å². The zero-order valence-corrected chi connectivity index (χ0v) is 11.3. The van der Waals surface area contributed by atoms with Gasteiger partial charge < -0.3 is 15.8 Å². The molecule has 0 aliphatic heterocycles. The highest BCUT2D eigenvalue weighted by Crippen LogP contribution is 2.27. The number of ether oxygens (including phenoxy) is 1. The molecule has 1 amide bonds. The van der Waals surface area contributed by atoms with Crippen LogP contribution >= 0.6 is 11.6 Å². The van der Waals surface area contributed by atoms with Gasteiger partial charge in [0.1, 0.15) is 5.75 Å². The molecule has 0 spiro atoms. The molecule has 0 saturated heterocycles. The van der Waals surface area contributed by atoms with E-state index >= 15 is 0 Å². The van der Waals surface area contributed by atoms with E-state index in [0.717, 1.165) is 19.3 Å². The first-order valence-electron chi connectivity index (χ1n) is 6.01. The van der Waals surface area contributed by atoms with Crippen LogP contribution in [0.5, 0.6) is 5.75 Å². The summed E-state index contributed by atoms with van der Waals surface area (Å²) in [5.74, 6) is 0.550. The topological polar surface area (TPSA) is 64.3 Å². The smallest absolute Gasteiger partial charge is 0.224 e. The molecular formula is C13H19ClN2O2. The number of benzene rings is 1. The van der Waals surface area contributed by atoms with E-state index in [0.29, 0.717) is 29.4 Å². The molecule has 0 aliphatic rings. The minimum atomic E-state index is -0.00334. The number of amides is 1. The molecule has 0 fully saturated rings. The molecule has 0 aromatic heterocycles. The summed E-state index contributed by atoms with van der Waals surface area (Å²) in [4.78, 5) is 11.6. The van der Waals surface area contributed by atoms with Gasteiger partial charge in [-0.25, -0.2) is 0 Å². The van der Waals surface area contributed by atoms with E-state index in [4.69, 9.17) is 22.1 Å². The van der Waals surface area contributed by atoms with Gasteiger partial charge in [-0.15, -0.1) is 0 Å². The van der Waals surface area contributed by atoms with Crippen LogP contribution < -0.4 is 15.8 Å². The van der Waals surface area contributed by atoms with Gasteiger partial charge in [0.05, 0.1) is 12.1 Å². The van der Waals surface area contributed by atoms with Crippen LogP contribution in [0.25, 0.3) is 0 Å². The Morgan fingerprint density at radius 3 is 2.83 bits per heavy atom. The Morgan fingerprint density at radius 1 is 1.39 bits per heavy atom. The maximum absolute atomic E-state index is 11.6. The lowest BCUT2D eigenvalue weighted by Gasteiger charge is -2.08. The van der Waals surface area contributed by atoms with Crippen molar-refractivity contribution in [3.8, 4) is 5.75 Å². The fourth-order valence-corrected chi connectivity index (χ4v) is 1.76. The summed E-state index contributed by atoms with van der Waals surface area (Å²) in [5.41, 5.74) is 6.08. The third kappa shape index (κ3) is 4.94. The largest absolute Gasteiger partial charge is 0.495 e. The SMILES string of the molecule is COc1cc(NC(=O)CCCCCN)ccc1Cl. The van der Waals surface area contributed by atoms with Gasteiger partial charge in [0, 0.05) is 18.2 Å². The van der Waals surface area contributed by atoms with Gasteiger partial charge in [-0.05, 0) is 31.5 Å². The lowest BCUT2D eigenvalue weighted by atomic mass is 10.2. The minimum absolute atomic E-state index is 0.00334. The molecule has 0 radical (unpaired) electrons. The molecule has 18 heavy (non-hydrogen) atoms. The van der Waals surface area contributed by atoms with E-state index in [-0.39, 0.29) is 5.91 Å². The lowest BCUT2D eigenvalue weighted by molar-refractivity contribution is -0.116. The van der Waals surface area contributed by atoms with E-state index in [9.17, 15) is 4.79 Å². The summed E-state index contributed by atoms with van der Waals surface area (Å²) < 4.78 is 5.08. The Labute approximate surface area is 112 Å². The Kier molecular flexibility index (Phi) is 6.54. The monoisotopic (exact) mass is 270 g/mol. The number of hydrogen-bond acceptors (Lipinski definition) is 3. The Bertz CT molecular complexity index is 397. The van der Waals surface area contributed by atoms with Crippen molar-refractivity contribution in [1.82, 2.24) is 0 Å². The number of halogens is 1. The fraction of sp³-hybridized carbons (Fsp3) is 0.462. The predicted molar refractivity (Wildman–Crippen MR) is 74.2 cm³/mol. The molecule has 4 nitrogen and oxygen atoms in total. The number of carbonyl (C=O) groups is 1. The van der Waals surface area contributed by atoms with Crippen molar-refractivity contribution >= 4 is 23.2 Å². The first-order chi connectivity index (χ1) is 8.67. The average Bonchev–Trinajstić information content (AvgIpc) is 2.37. The fourth-order valence-electron chi connectivity index (χ4n) is 1.57. The number of nitrogens with one attached hydrogen (secondary N) is 1. The number of methoxy groups -OCH3 is 1. The van der Waals surface area contributed by atoms with Crippen LogP contribution in [0.15, 0.2) is 18.2 Å². The second-order valence-corrected chi connectivity index (χ2v) is 4.40. The third-order valence-electron chi connectivity index (χ3n) is 2.54. The summed E-state index contributed by atoms with van der Waals surface area (Å²) in [5, 5.41) is 3.34. The third-order valence-corrected chi connectivity index (χ3v) is 2.86. The molecule has 1 aromatic carbocycles. The number of hydrogen-bond donors (Lipinski definition) is 2. The van der Waals surface area contributed by atoms with E-state index in [1.54, 1.807) is 25.3 Å². The molecule has 0 atom stereocenters. The maximum atomic E-state index is 11.6. The molecular weight excluding hydrogens is 252 g/mol. The van der Waals surface area contributed by atoms with Crippen molar-refractivity contribution in [2.45, 2.75) is 25.7 Å². The van der Waals surface area contributed by atoms with E-state index in [2.05, 4.69) is 5.32 Å². The Morgan fingerprint density at radius 2 is 2.17 bits per heavy atom. The van der Waals surface area contributed by atoms with E-state index in [1.165, 1.54) is 0 Å². The molecule has 100 valence electrons. The first-order valence-corrected chi connectivity index (χ1v) is 6.38. The van der Waals surface area contributed by atoms with Crippen LogP contribution in [0.2, 0.25) is 5.02 Å². The highest BCUT2D eigenvalue weighted by atomic mass is 35.5. The quantitative estimate of drug-likeness (QED) is 0.749. The van der Waals surface area contributed by atoms with E-state index < -0.39 is 0 Å². The molecule has 0 bridgehead atoms. The van der Waals surface area contributed by atoms with Gasteiger partial charge >= 0.3 is 0 Å². The highest BCUT2D eigenvalue weighted by Gasteiger charge is 2.05. The normalized spacial score (nSPS) is 10.2. The zero-order valence-electron chi connectivity index (χ0n) is 10.5. The highest BCUT2D eigenvalue weighted by molar-refractivity contribution is 6.32. The van der Waals surface area contributed by atoms with Gasteiger partial charge in [-0.3, -0.25) is 4.79 Å². The van der Waals surface area contributed by atoms with Gasteiger partial charge in [-0.2, -0.15) is 0 Å². The van der Waals surface area contributed by atoms with Crippen molar-refractivity contribution < 1.29 is 9.53 Å². The Hall–Kier alpha value is -1.26. The zero-order chi connectivity index (χ0) is 13.4. The molecule has 1 rings (SSSR count). The second kappa shape index (κ2) is 7.95. The molecule has 0 aliphatic carbocycles. The summed E-state index contributed by atoms with van der Waals surface area (Å²) in [6.45, 7) is 0.677. The molecule has 0 unspecified atom stereocenters. The van der Waals surface area contributed by atoms with Crippen LogP contribution in [0.3, 0.4) is 0 Å². The number of carbonyl (C=O) groups excluding carboxylic acids is 1. The number of anilines is 1. The van der Waals surface area contributed by atoms with Crippen molar-refractivity contribution in [2.75, 3.05) is 19.0 Å². The van der Waals surface area contributed by atoms with Crippen LogP contribution in [-0.4, -0.2) is 19.6 Å². The summed E-state index contributed by atoms with van der Waals surface area (Å²) in [6, 6.07) is 5.16. The van der Waals surface area contributed by atoms with Crippen molar-refractivity contribution in [1.29, 1.82) is 0 Å².